The van der Waals surface area contributed by atoms with E-state index in [1.807, 2.05) is 20.8 Å². The zero-order valence-electron chi connectivity index (χ0n) is 13.7. The summed E-state index contributed by atoms with van der Waals surface area (Å²) in [7, 11) is 0. The maximum Gasteiger partial charge on any atom is 0.326 e. The van der Waals surface area contributed by atoms with Crippen molar-refractivity contribution in [3.63, 3.8) is 0 Å². The molecule has 0 aromatic carbocycles. The van der Waals surface area contributed by atoms with Crippen LogP contribution < -0.4 is 0 Å². The minimum Gasteiger partial charge on any atom is -0.480 e. The van der Waals surface area contributed by atoms with Crippen molar-refractivity contribution in [2.24, 2.45) is 11.3 Å². The highest BCUT2D eigenvalue weighted by molar-refractivity contribution is 5.87. The van der Waals surface area contributed by atoms with Gasteiger partial charge in [-0.2, -0.15) is 0 Å². The molecule has 6 nitrogen and oxygen atoms in total. The number of carbonyl (C=O) groups is 3. The number of carboxylic acid groups (broad SMARTS) is 1. The van der Waals surface area contributed by atoms with Gasteiger partial charge in [-0.05, 0) is 25.7 Å². The van der Waals surface area contributed by atoms with E-state index in [-0.39, 0.29) is 17.7 Å². The molecule has 0 bridgehead atoms. The average molecular weight is 310 g/mol. The monoisotopic (exact) mass is 310 g/mol. The number of carbonyl (C=O) groups excluding carboxylic acids is 2. The number of nitrogens with zero attached hydrogens (tertiary/aromatic N) is 2. The Morgan fingerprint density at radius 2 is 1.68 bits per heavy atom. The van der Waals surface area contributed by atoms with Crippen LogP contribution in [0.15, 0.2) is 0 Å². The van der Waals surface area contributed by atoms with Crippen LogP contribution >= 0.6 is 0 Å². The molecule has 124 valence electrons. The van der Waals surface area contributed by atoms with E-state index in [0.29, 0.717) is 26.1 Å². The molecule has 2 atom stereocenters. The van der Waals surface area contributed by atoms with Crippen LogP contribution in [0.25, 0.3) is 0 Å². The van der Waals surface area contributed by atoms with Crippen LogP contribution in [-0.4, -0.2) is 58.4 Å². The third-order valence-electron chi connectivity index (χ3n) is 4.52. The molecular formula is C16H26N2O4. The van der Waals surface area contributed by atoms with Crippen molar-refractivity contribution in [3.05, 3.63) is 0 Å². The molecule has 2 saturated heterocycles. The van der Waals surface area contributed by atoms with Gasteiger partial charge in [0.15, 0.2) is 0 Å². The molecule has 0 saturated carbocycles. The first kappa shape index (κ1) is 16.8. The number of piperidine rings is 1. The summed E-state index contributed by atoms with van der Waals surface area (Å²) < 4.78 is 0. The summed E-state index contributed by atoms with van der Waals surface area (Å²) in [6, 6.07) is -0.693. The van der Waals surface area contributed by atoms with Crippen molar-refractivity contribution in [2.75, 3.05) is 19.6 Å². The number of rotatable bonds is 2. The van der Waals surface area contributed by atoms with Gasteiger partial charge in [-0.25, -0.2) is 4.79 Å². The summed E-state index contributed by atoms with van der Waals surface area (Å²) in [5.74, 6) is -1.23. The van der Waals surface area contributed by atoms with Crippen molar-refractivity contribution in [1.82, 2.24) is 9.80 Å². The van der Waals surface area contributed by atoms with E-state index >= 15 is 0 Å². The largest absolute Gasteiger partial charge is 0.480 e. The fourth-order valence-corrected chi connectivity index (χ4v) is 3.36. The van der Waals surface area contributed by atoms with E-state index in [1.165, 1.54) is 4.90 Å². The summed E-state index contributed by atoms with van der Waals surface area (Å²) in [6.07, 6.45) is 2.79. The van der Waals surface area contributed by atoms with Crippen molar-refractivity contribution < 1.29 is 19.5 Å². The summed E-state index contributed by atoms with van der Waals surface area (Å²) >= 11 is 0. The van der Waals surface area contributed by atoms with E-state index in [1.54, 1.807) is 4.90 Å². The Labute approximate surface area is 131 Å². The SMILES string of the molecule is CC(C)(C)C(=O)N1CCCC(C(=O)N2CCCC2C(=O)O)C1. The molecule has 2 aliphatic rings. The van der Waals surface area contributed by atoms with Crippen LogP contribution in [0.3, 0.4) is 0 Å². The molecule has 0 aromatic rings. The molecule has 2 amide bonds. The van der Waals surface area contributed by atoms with E-state index in [2.05, 4.69) is 0 Å². The maximum atomic E-state index is 12.7. The minimum absolute atomic E-state index is 0.0567. The van der Waals surface area contributed by atoms with E-state index in [9.17, 15) is 19.5 Å². The predicted octanol–water partition coefficient (Wildman–Crippen LogP) is 1.35. The second-order valence-electron chi connectivity index (χ2n) is 7.37. The predicted molar refractivity (Wildman–Crippen MR) is 81.1 cm³/mol. The van der Waals surface area contributed by atoms with Crippen molar-refractivity contribution in [1.29, 1.82) is 0 Å². The van der Waals surface area contributed by atoms with Gasteiger partial charge in [0.1, 0.15) is 6.04 Å². The lowest BCUT2D eigenvalue weighted by Gasteiger charge is -2.37. The van der Waals surface area contributed by atoms with Gasteiger partial charge in [-0.1, -0.05) is 20.8 Å². The molecule has 22 heavy (non-hydrogen) atoms. The second kappa shape index (κ2) is 6.26. The molecule has 0 aliphatic carbocycles. The molecule has 0 radical (unpaired) electrons. The van der Waals surface area contributed by atoms with Gasteiger partial charge in [0.05, 0.1) is 5.92 Å². The molecule has 6 heteroatoms. The Hall–Kier alpha value is -1.59. The lowest BCUT2D eigenvalue weighted by Crippen LogP contribution is -2.51. The fraction of sp³-hybridized carbons (Fsp3) is 0.812. The van der Waals surface area contributed by atoms with Crippen LogP contribution in [0.5, 0.6) is 0 Å². The number of likely N-dealkylation sites (tertiary alicyclic amines) is 2. The third-order valence-corrected chi connectivity index (χ3v) is 4.52. The van der Waals surface area contributed by atoms with Gasteiger partial charge >= 0.3 is 5.97 Å². The Morgan fingerprint density at radius 1 is 1.05 bits per heavy atom. The minimum atomic E-state index is -0.927. The zero-order chi connectivity index (χ0) is 16.5. The average Bonchev–Trinajstić information content (AvgIpc) is 2.94. The van der Waals surface area contributed by atoms with E-state index in [0.717, 1.165) is 19.3 Å². The molecule has 2 aliphatic heterocycles. The van der Waals surface area contributed by atoms with Gasteiger partial charge in [0.25, 0.3) is 0 Å². The number of amides is 2. The lowest BCUT2D eigenvalue weighted by molar-refractivity contribution is -0.152. The van der Waals surface area contributed by atoms with Crippen LogP contribution in [0, 0.1) is 11.3 Å². The molecule has 2 unspecified atom stereocenters. The molecule has 2 fully saturated rings. The standard InChI is InChI=1S/C16H26N2O4/c1-16(2,3)15(22)17-8-4-6-11(10-17)13(19)18-9-5-7-12(18)14(20)21/h11-12H,4-10H2,1-3H3,(H,20,21). The van der Waals surface area contributed by atoms with Crippen LogP contribution in [-0.2, 0) is 14.4 Å². The molecule has 1 N–H and O–H groups in total. The fourth-order valence-electron chi connectivity index (χ4n) is 3.36. The van der Waals surface area contributed by atoms with Crippen LogP contribution in [0.4, 0.5) is 0 Å². The van der Waals surface area contributed by atoms with Crippen LogP contribution in [0.1, 0.15) is 46.5 Å². The number of carboxylic acids is 1. The van der Waals surface area contributed by atoms with Gasteiger partial charge in [0, 0.05) is 25.0 Å². The highest BCUT2D eigenvalue weighted by atomic mass is 16.4. The molecule has 2 rings (SSSR count). The second-order valence-corrected chi connectivity index (χ2v) is 7.37. The highest BCUT2D eigenvalue weighted by Crippen LogP contribution is 2.27. The zero-order valence-corrected chi connectivity index (χ0v) is 13.7. The Kier molecular flexibility index (Phi) is 4.78. The first-order valence-electron chi connectivity index (χ1n) is 8.04. The molecule has 0 aromatic heterocycles. The van der Waals surface area contributed by atoms with Crippen molar-refractivity contribution in [2.45, 2.75) is 52.5 Å². The maximum absolute atomic E-state index is 12.7. The quantitative estimate of drug-likeness (QED) is 0.835. The van der Waals surface area contributed by atoms with Crippen molar-refractivity contribution >= 4 is 17.8 Å². The molecule has 0 spiro atoms. The van der Waals surface area contributed by atoms with Crippen LogP contribution in [0.2, 0.25) is 0 Å². The van der Waals surface area contributed by atoms with Gasteiger partial charge < -0.3 is 14.9 Å². The summed E-state index contributed by atoms with van der Waals surface area (Å²) in [5, 5.41) is 9.22. The van der Waals surface area contributed by atoms with Gasteiger partial charge in [-0.15, -0.1) is 0 Å². The Balaban J connectivity index is 2.04. The number of hydrogen-bond donors (Lipinski definition) is 1. The number of hydrogen-bond acceptors (Lipinski definition) is 3. The normalized spacial score (nSPS) is 26.1. The summed E-state index contributed by atoms with van der Waals surface area (Å²) in [6.45, 7) is 7.24. The van der Waals surface area contributed by atoms with Crippen molar-refractivity contribution in [3.8, 4) is 0 Å². The summed E-state index contributed by atoms with van der Waals surface area (Å²) in [4.78, 5) is 39.6. The Morgan fingerprint density at radius 3 is 2.27 bits per heavy atom. The molecule has 2 heterocycles. The molecular weight excluding hydrogens is 284 g/mol. The Bertz CT molecular complexity index is 469. The van der Waals surface area contributed by atoms with Gasteiger partial charge in [-0.3, -0.25) is 9.59 Å². The highest BCUT2D eigenvalue weighted by Gasteiger charge is 2.40. The lowest BCUT2D eigenvalue weighted by atomic mass is 9.90. The summed E-state index contributed by atoms with van der Waals surface area (Å²) in [5.41, 5.74) is -0.456. The van der Waals surface area contributed by atoms with E-state index < -0.39 is 17.4 Å². The first-order valence-corrected chi connectivity index (χ1v) is 8.04. The van der Waals surface area contributed by atoms with E-state index in [4.69, 9.17) is 0 Å². The smallest absolute Gasteiger partial charge is 0.326 e. The van der Waals surface area contributed by atoms with Gasteiger partial charge in [0.2, 0.25) is 11.8 Å². The first-order chi connectivity index (χ1) is 10.2. The number of aliphatic carboxylic acids is 1. The topological polar surface area (TPSA) is 77.9 Å². The third kappa shape index (κ3) is 3.42.